The lowest BCUT2D eigenvalue weighted by Crippen LogP contribution is -2.62. The van der Waals surface area contributed by atoms with Gasteiger partial charge >= 0.3 is 5.97 Å². The smallest absolute Gasteiger partial charge is 0.313 e. The molecule has 2 atom stereocenters. The Morgan fingerprint density at radius 1 is 0.972 bits per heavy atom. The number of furan rings is 1. The van der Waals surface area contributed by atoms with Crippen LogP contribution in [0.3, 0.4) is 0 Å². The Kier molecular flexibility index (Phi) is 6.95. The Bertz CT molecular complexity index is 1230. The van der Waals surface area contributed by atoms with Crippen molar-refractivity contribution >= 4 is 16.9 Å². The van der Waals surface area contributed by atoms with E-state index in [0.717, 1.165) is 16.8 Å². The molecule has 0 aliphatic heterocycles. The van der Waals surface area contributed by atoms with Crippen molar-refractivity contribution in [3.63, 3.8) is 0 Å². The van der Waals surface area contributed by atoms with Gasteiger partial charge in [0.1, 0.15) is 11.3 Å². The van der Waals surface area contributed by atoms with Crippen molar-refractivity contribution < 1.29 is 18.7 Å². The second kappa shape index (κ2) is 8.98. The van der Waals surface area contributed by atoms with E-state index in [1.165, 1.54) is 0 Å². The Labute approximate surface area is 216 Å². The SMILES string of the molecule is Cn1cccc1-c1cc2ccc(OC(C)(N)C(C)(C)OC(=O)C(C)(CC(C)(C)C)C(C)(C)C)cc2o1. The molecule has 0 saturated heterocycles. The zero-order valence-electron chi connectivity index (χ0n) is 23.9. The number of ether oxygens (including phenoxy) is 2. The number of benzene rings is 1. The summed E-state index contributed by atoms with van der Waals surface area (Å²) in [6.45, 7) is 20.0. The highest BCUT2D eigenvalue weighted by Gasteiger charge is 2.52. The van der Waals surface area contributed by atoms with Gasteiger partial charge in [-0.2, -0.15) is 0 Å². The number of aromatic nitrogens is 1. The molecule has 1 aromatic carbocycles. The maximum Gasteiger partial charge on any atom is 0.313 e. The molecule has 3 aromatic rings. The van der Waals surface area contributed by atoms with Gasteiger partial charge in [-0.05, 0) is 75.3 Å². The summed E-state index contributed by atoms with van der Waals surface area (Å²) in [5, 5.41) is 0.964. The number of esters is 1. The average Bonchev–Trinajstić information content (AvgIpc) is 3.30. The minimum absolute atomic E-state index is 0.0512. The molecule has 2 heterocycles. The van der Waals surface area contributed by atoms with Gasteiger partial charge in [0.25, 0.3) is 0 Å². The van der Waals surface area contributed by atoms with Crippen LogP contribution in [0, 0.1) is 16.2 Å². The highest BCUT2D eigenvalue weighted by Crippen LogP contribution is 2.48. The summed E-state index contributed by atoms with van der Waals surface area (Å²) in [5.41, 5.74) is 4.87. The lowest BCUT2D eigenvalue weighted by molar-refractivity contribution is -0.197. The average molecular weight is 497 g/mol. The third kappa shape index (κ3) is 5.49. The standard InChI is InChI=1S/C30H44N2O4/c1-26(2,3)19-29(9,27(4,5)6)25(33)36-28(7,8)30(10,31)35-21-15-14-20-17-24(34-23(20)18-21)22-13-12-16-32(22)11/h12-18H,19,31H2,1-11H3. The molecule has 0 aliphatic carbocycles. The Morgan fingerprint density at radius 2 is 1.61 bits per heavy atom. The van der Waals surface area contributed by atoms with Crippen LogP contribution >= 0.6 is 0 Å². The van der Waals surface area contributed by atoms with Crippen LogP contribution in [0.1, 0.15) is 75.7 Å². The maximum atomic E-state index is 13.7. The molecule has 6 nitrogen and oxygen atoms in total. The van der Waals surface area contributed by atoms with Gasteiger partial charge in [0.15, 0.2) is 17.1 Å². The van der Waals surface area contributed by atoms with Crippen molar-refractivity contribution in [2.45, 2.75) is 87.0 Å². The first kappa shape index (κ1) is 27.9. The van der Waals surface area contributed by atoms with E-state index in [1.54, 1.807) is 20.8 Å². The second-order valence-corrected chi connectivity index (χ2v) is 13.2. The van der Waals surface area contributed by atoms with Gasteiger partial charge in [-0.1, -0.05) is 41.5 Å². The van der Waals surface area contributed by atoms with Crippen LogP contribution in [0.5, 0.6) is 5.75 Å². The minimum Gasteiger partial charge on any atom is -0.469 e. The van der Waals surface area contributed by atoms with Crippen molar-refractivity contribution in [2.24, 2.45) is 29.0 Å². The fraction of sp³-hybridized carbons (Fsp3) is 0.567. The van der Waals surface area contributed by atoms with E-state index in [0.29, 0.717) is 17.8 Å². The summed E-state index contributed by atoms with van der Waals surface area (Å²) in [5.74, 6) is 1.04. The van der Waals surface area contributed by atoms with E-state index < -0.39 is 16.7 Å². The van der Waals surface area contributed by atoms with Crippen LogP contribution < -0.4 is 10.5 Å². The van der Waals surface area contributed by atoms with Gasteiger partial charge in [0, 0.05) is 24.7 Å². The first-order valence-electron chi connectivity index (χ1n) is 12.6. The van der Waals surface area contributed by atoms with Crippen molar-refractivity contribution in [3.8, 4) is 17.2 Å². The Morgan fingerprint density at radius 3 is 2.14 bits per heavy atom. The third-order valence-corrected chi connectivity index (χ3v) is 7.55. The van der Waals surface area contributed by atoms with Crippen molar-refractivity contribution in [3.05, 3.63) is 42.6 Å². The lowest BCUT2D eigenvalue weighted by Gasteiger charge is -2.47. The summed E-state index contributed by atoms with van der Waals surface area (Å²) < 4.78 is 20.5. The number of hydrogen-bond acceptors (Lipinski definition) is 5. The van der Waals surface area contributed by atoms with Gasteiger partial charge in [-0.3, -0.25) is 10.5 Å². The molecule has 36 heavy (non-hydrogen) atoms. The summed E-state index contributed by atoms with van der Waals surface area (Å²) in [6.07, 6.45) is 2.66. The van der Waals surface area contributed by atoms with Gasteiger partial charge < -0.3 is 18.5 Å². The molecule has 2 N–H and O–H groups in total. The fourth-order valence-corrected chi connectivity index (χ4v) is 4.44. The number of fused-ring (bicyclic) bond motifs is 1. The first-order chi connectivity index (χ1) is 16.3. The zero-order valence-corrected chi connectivity index (χ0v) is 23.9. The number of aryl methyl sites for hydroxylation is 1. The summed E-state index contributed by atoms with van der Waals surface area (Å²) in [4.78, 5) is 13.7. The predicted octanol–water partition coefficient (Wildman–Crippen LogP) is 7.30. The second-order valence-electron chi connectivity index (χ2n) is 13.2. The van der Waals surface area contributed by atoms with Crippen LogP contribution in [0.15, 0.2) is 47.0 Å². The third-order valence-electron chi connectivity index (χ3n) is 7.55. The number of carbonyl (C=O) groups is 1. The highest BCUT2D eigenvalue weighted by molar-refractivity contribution is 5.83. The molecule has 3 rings (SSSR count). The van der Waals surface area contributed by atoms with Gasteiger partial charge in [-0.15, -0.1) is 0 Å². The normalized spacial score (nSPS) is 16.4. The monoisotopic (exact) mass is 496 g/mol. The van der Waals surface area contributed by atoms with E-state index in [1.807, 2.05) is 61.1 Å². The van der Waals surface area contributed by atoms with Crippen LogP contribution in [-0.4, -0.2) is 21.9 Å². The van der Waals surface area contributed by atoms with Crippen LogP contribution in [0.4, 0.5) is 0 Å². The molecule has 0 radical (unpaired) electrons. The molecule has 0 aliphatic rings. The molecular formula is C30H44N2O4. The molecular weight excluding hydrogens is 452 g/mol. The van der Waals surface area contributed by atoms with E-state index in [4.69, 9.17) is 19.6 Å². The highest BCUT2D eigenvalue weighted by atomic mass is 16.6. The molecule has 2 unspecified atom stereocenters. The Balaban J connectivity index is 1.84. The topological polar surface area (TPSA) is 79.6 Å². The molecule has 0 spiro atoms. The zero-order chi connectivity index (χ0) is 27.3. The molecule has 0 fully saturated rings. The van der Waals surface area contributed by atoms with E-state index in [9.17, 15) is 4.79 Å². The van der Waals surface area contributed by atoms with E-state index in [2.05, 4.69) is 41.5 Å². The molecule has 0 amide bonds. The molecule has 0 bridgehead atoms. The predicted molar refractivity (Wildman–Crippen MR) is 146 cm³/mol. The molecule has 0 saturated carbocycles. The van der Waals surface area contributed by atoms with Crippen molar-refractivity contribution in [2.75, 3.05) is 0 Å². The number of rotatable bonds is 7. The largest absolute Gasteiger partial charge is 0.469 e. The molecule has 198 valence electrons. The molecule has 6 heteroatoms. The van der Waals surface area contributed by atoms with E-state index >= 15 is 0 Å². The summed E-state index contributed by atoms with van der Waals surface area (Å²) >= 11 is 0. The maximum absolute atomic E-state index is 13.7. The van der Waals surface area contributed by atoms with Crippen molar-refractivity contribution in [1.29, 1.82) is 0 Å². The Hall–Kier alpha value is -2.73. The number of hydrogen-bond donors (Lipinski definition) is 1. The number of carbonyl (C=O) groups excluding carboxylic acids is 1. The minimum atomic E-state index is -1.30. The first-order valence-corrected chi connectivity index (χ1v) is 12.6. The number of nitrogens with zero attached hydrogens (tertiary/aromatic N) is 1. The van der Waals surface area contributed by atoms with Gasteiger partial charge in [-0.25, -0.2) is 0 Å². The van der Waals surface area contributed by atoms with Gasteiger partial charge in [0.2, 0.25) is 0 Å². The molecule has 2 aromatic heterocycles. The quantitative estimate of drug-likeness (QED) is 0.274. The number of nitrogens with two attached hydrogens (primary N) is 1. The van der Waals surface area contributed by atoms with Crippen molar-refractivity contribution in [1.82, 2.24) is 4.57 Å². The van der Waals surface area contributed by atoms with E-state index in [-0.39, 0.29) is 16.8 Å². The fourth-order valence-electron chi connectivity index (χ4n) is 4.44. The lowest BCUT2D eigenvalue weighted by atomic mass is 9.61. The van der Waals surface area contributed by atoms with Gasteiger partial charge in [0.05, 0.1) is 11.1 Å². The van der Waals surface area contributed by atoms with Crippen LogP contribution in [-0.2, 0) is 16.6 Å². The summed E-state index contributed by atoms with van der Waals surface area (Å²) in [7, 11) is 1.98. The van der Waals surface area contributed by atoms with Crippen LogP contribution in [0.25, 0.3) is 22.4 Å². The summed E-state index contributed by atoms with van der Waals surface area (Å²) in [6, 6.07) is 11.6. The van der Waals surface area contributed by atoms with Crippen LogP contribution in [0.2, 0.25) is 0 Å².